The van der Waals surface area contributed by atoms with Crippen molar-refractivity contribution in [1.29, 1.82) is 0 Å². The molecule has 0 N–H and O–H groups in total. The summed E-state index contributed by atoms with van der Waals surface area (Å²) in [5, 5.41) is -0.622. The Morgan fingerprint density at radius 2 is 2.07 bits per heavy atom. The van der Waals surface area contributed by atoms with Crippen LogP contribution in [0.25, 0.3) is 0 Å². The van der Waals surface area contributed by atoms with Gasteiger partial charge in [0.2, 0.25) is 0 Å². The van der Waals surface area contributed by atoms with Crippen molar-refractivity contribution in [2.75, 3.05) is 7.05 Å². The van der Waals surface area contributed by atoms with E-state index in [4.69, 9.17) is 11.6 Å². The third kappa shape index (κ3) is 3.36. The van der Waals surface area contributed by atoms with Gasteiger partial charge in [0, 0.05) is 7.05 Å². The number of hydrogen-bond acceptors (Lipinski definition) is 2. The van der Waals surface area contributed by atoms with E-state index in [2.05, 4.69) is 0 Å². The number of benzene rings is 1. The van der Waals surface area contributed by atoms with E-state index in [0.717, 1.165) is 11.8 Å². The zero-order valence-corrected chi connectivity index (χ0v) is 9.15. The highest BCUT2D eigenvalue weighted by Crippen LogP contribution is 2.07. The molecule has 0 aromatic heterocycles. The van der Waals surface area contributed by atoms with Crippen molar-refractivity contribution >= 4 is 23.3 Å². The van der Waals surface area contributed by atoms with Crippen molar-refractivity contribution in [2.24, 2.45) is 0 Å². The number of amides is 1. The molecule has 0 saturated carbocycles. The Morgan fingerprint density at radius 3 is 2.53 bits per heavy atom. The summed E-state index contributed by atoms with van der Waals surface area (Å²) >= 11 is 5.30. The molecule has 15 heavy (non-hydrogen) atoms. The van der Waals surface area contributed by atoms with E-state index in [0.29, 0.717) is 6.42 Å². The molecule has 1 aromatic carbocycles. The summed E-state index contributed by atoms with van der Waals surface area (Å²) in [5.74, 6) is 0. The fraction of sp³-hybridized carbons (Fsp3) is 0.273. The molecule has 0 fully saturated rings. The maximum atomic E-state index is 10.9. The van der Waals surface area contributed by atoms with Crippen LogP contribution in [0.15, 0.2) is 30.3 Å². The molecule has 1 aromatic rings. The molecule has 0 spiro atoms. The molecular weight excluding hydrogens is 214 g/mol. The number of hydrogen-bond donors (Lipinski definition) is 0. The second-order valence-corrected chi connectivity index (χ2v) is 3.58. The van der Waals surface area contributed by atoms with E-state index in [1.165, 1.54) is 11.9 Å². The Kier molecular flexibility index (Phi) is 4.31. The van der Waals surface area contributed by atoms with Crippen LogP contribution >= 0.6 is 11.6 Å². The maximum absolute atomic E-state index is 10.9. The van der Waals surface area contributed by atoms with Crippen LogP contribution in [0.4, 0.5) is 4.79 Å². The quantitative estimate of drug-likeness (QED) is 0.447. The number of likely N-dealkylation sites (N-methyl/N-ethyl adjacent to an activating group) is 1. The van der Waals surface area contributed by atoms with E-state index in [9.17, 15) is 9.59 Å². The number of halogens is 1. The van der Waals surface area contributed by atoms with E-state index in [1.807, 2.05) is 30.3 Å². The van der Waals surface area contributed by atoms with E-state index < -0.39 is 11.4 Å². The van der Waals surface area contributed by atoms with Gasteiger partial charge in [-0.2, -0.15) is 0 Å². The van der Waals surface area contributed by atoms with Crippen molar-refractivity contribution in [3.63, 3.8) is 0 Å². The zero-order chi connectivity index (χ0) is 11.3. The summed E-state index contributed by atoms with van der Waals surface area (Å²) < 4.78 is 0. The molecule has 0 aliphatic carbocycles. The van der Waals surface area contributed by atoms with E-state index in [1.54, 1.807) is 0 Å². The Hall–Kier alpha value is -1.35. The predicted molar refractivity (Wildman–Crippen MR) is 59.0 cm³/mol. The van der Waals surface area contributed by atoms with Crippen LogP contribution in [0.3, 0.4) is 0 Å². The topological polar surface area (TPSA) is 37.4 Å². The molecule has 0 aliphatic rings. The third-order valence-electron chi connectivity index (χ3n) is 2.22. The normalized spacial score (nSPS) is 11.9. The molecule has 1 atom stereocenters. The number of nitrogens with zero attached hydrogens (tertiary/aromatic N) is 1. The zero-order valence-electron chi connectivity index (χ0n) is 8.39. The van der Waals surface area contributed by atoms with Gasteiger partial charge in [0.25, 0.3) is 0 Å². The van der Waals surface area contributed by atoms with Crippen LogP contribution in [0.5, 0.6) is 0 Å². The fourth-order valence-corrected chi connectivity index (χ4v) is 1.39. The molecule has 0 saturated heterocycles. The molecule has 0 radical (unpaired) electrons. The molecule has 0 heterocycles. The molecule has 0 bridgehead atoms. The van der Waals surface area contributed by atoms with Gasteiger partial charge >= 0.3 is 5.37 Å². The lowest BCUT2D eigenvalue weighted by Gasteiger charge is -2.20. The van der Waals surface area contributed by atoms with Crippen molar-refractivity contribution < 1.29 is 9.59 Å². The van der Waals surface area contributed by atoms with Gasteiger partial charge in [0.05, 0.1) is 6.04 Å². The lowest BCUT2D eigenvalue weighted by molar-refractivity contribution is -0.111. The van der Waals surface area contributed by atoms with Crippen molar-refractivity contribution in [3.8, 4) is 0 Å². The Balaban J connectivity index is 2.70. The Bertz CT molecular complexity index is 340. The molecule has 1 amide bonds. The van der Waals surface area contributed by atoms with Gasteiger partial charge in [-0.25, -0.2) is 0 Å². The highest BCUT2D eigenvalue weighted by Gasteiger charge is 2.17. The second-order valence-electron chi connectivity index (χ2n) is 3.26. The van der Waals surface area contributed by atoms with Crippen LogP contribution in [0.1, 0.15) is 5.56 Å². The first-order valence-electron chi connectivity index (χ1n) is 4.56. The largest absolute Gasteiger partial charge is 0.322 e. The summed E-state index contributed by atoms with van der Waals surface area (Å²) in [6, 6.07) is 8.99. The highest BCUT2D eigenvalue weighted by molar-refractivity contribution is 6.62. The van der Waals surface area contributed by atoms with Crippen LogP contribution < -0.4 is 0 Å². The first-order valence-corrected chi connectivity index (χ1v) is 4.94. The van der Waals surface area contributed by atoms with Crippen molar-refractivity contribution in [3.05, 3.63) is 35.9 Å². The SMILES string of the molecule is CN(C(=O)Cl)C(C=O)Cc1ccccc1. The van der Waals surface area contributed by atoms with Gasteiger partial charge < -0.3 is 9.69 Å². The maximum Gasteiger partial charge on any atom is 0.316 e. The number of carbonyl (C=O) groups excluding carboxylic acids is 2. The molecule has 4 heteroatoms. The summed E-state index contributed by atoms with van der Waals surface area (Å²) in [6.45, 7) is 0. The minimum Gasteiger partial charge on any atom is -0.322 e. The number of aldehydes is 1. The molecule has 1 unspecified atom stereocenters. The molecule has 0 aliphatic heterocycles. The van der Waals surface area contributed by atoms with Gasteiger partial charge in [0.1, 0.15) is 6.29 Å². The number of rotatable bonds is 4. The standard InChI is InChI=1S/C11H12ClNO2/c1-13(11(12)15)10(8-14)7-9-5-3-2-4-6-9/h2-6,8,10H,7H2,1H3. The monoisotopic (exact) mass is 225 g/mol. The summed E-state index contributed by atoms with van der Waals surface area (Å²) in [7, 11) is 1.51. The average molecular weight is 226 g/mol. The predicted octanol–water partition coefficient (Wildman–Crippen LogP) is 2.09. The van der Waals surface area contributed by atoms with Gasteiger partial charge in [-0.1, -0.05) is 30.3 Å². The van der Waals surface area contributed by atoms with Crippen LogP contribution in [-0.2, 0) is 11.2 Å². The first-order chi connectivity index (χ1) is 7.15. The summed E-state index contributed by atoms with van der Waals surface area (Å²) in [4.78, 5) is 22.9. The van der Waals surface area contributed by atoms with Gasteiger partial charge in [-0.05, 0) is 23.6 Å². The summed E-state index contributed by atoms with van der Waals surface area (Å²) in [6.07, 6.45) is 1.21. The van der Waals surface area contributed by atoms with Gasteiger partial charge in [0.15, 0.2) is 0 Å². The van der Waals surface area contributed by atoms with Crippen LogP contribution in [0, 0.1) is 0 Å². The Labute approximate surface area is 93.6 Å². The minimum atomic E-state index is -0.622. The van der Waals surface area contributed by atoms with E-state index in [-0.39, 0.29) is 0 Å². The first kappa shape index (κ1) is 11.7. The highest BCUT2D eigenvalue weighted by atomic mass is 35.5. The van der Waals surface area contributed by atoms with Crippen LogP contribution in [-0.4, -0.2) is 29.6 Å². The van der Waals surface area contributed by atoms with Gasteiger partial charge in [-0.15, -0.1) is 0 Å². The third-order valence-corrected chi connectivity index (χ3v) is 2.49. The van der Waals surface area contributed by atoms with Gasteiger partial charge in [-0.3, -0.25) is 4.79 Å². The molecule has 1 rings (SSSR count). The van der Waals surface area contributed by atoms with Crippen LogP contribution in [0.2, 0.25) is 0 Å². The smallest absolute Gasteiger partial charge is 0.316 e. The molecule has 3 nitrogen and oxygen atoms in total. The minimum absolute atomic E-state index is 0.485. The molecule has 80 valence electrons. The van der Waals surface area contributed by atoms with E-state index >= 15 is 0 Å². The summed E-state index contributed by atoms with van der Waals surface area (Å²) in [5.41, 5.74) is 0.999. The Morgan fingerprint density at radius 1 is 1.47 bits per heavy atom. The fourth-order valence-electron chi connectivity index (χ4n) is 1.26. The lowest BCUT2D eigenvalue weighted by atomic mass is 10.1. The lowest BCUT2D eigenvalue weighted by Crippen LogP contribution is -2.36. The van der Waals surface area contributed by atoms with Crippen molar-refractivity contribution in [2.45, 2.75) is 12.5 Å². The number of carbonyl (C=O) groups is 2. The second kappa shape index (κ2) is 5.51. The molecular formula is C11H12ClNO2. The van der Waals surface area contributed by atoms with Crippen molar-refractivity contribution in [1.82, 2.24) is 4.90 Å². The average Bonchev–Trinajstić information content (AvgIpc) is 2.26.